The Hall–Kier alpha value is -5.42. The predicted molar refractivity (Wildman–Crippen MR) is 198 cm³/mol. The Kier molecular flexibility index (Phi) is 9.35. The molecule has 6 rings (SSSR count). The molecule has 0 saturated heterocycles. The zero-order valence-electron chi connectivity index (χ0n) is 28.0. The van der Waals surface area contributed by atoms with Crippen molar-refractivity contribution in [2.45, 2.75) is 41.5 Å². The van der Waals surface area contributed by atoms with Crippen molar-refractivity contribution in [3.05, 3.63) is 167 Å². The molecule has 0 bridgehead atoms. The molecule has 6 aromatic carbocycles. The molecular formula is C42H40BN2O2. The van der Waals surface area contributed by atoms with Gasteiger partial charge in [0, 0.05) is 34.1 Å². The predicted octanol–water partition coefficient (Wildman–Crippen LogP) is 11.5. The Balaban J connectivity index is 1.16. The van der Waals surface area contributed by atoms with Crippen molar-refractivity contribution < 1.29 is 9.31 Å². The normalized spacial score (nSPS) is 10.8. The van der Waals surface area contributed by atoms with Gasteiger partial charge in [-0.3, -0.25) is 0 Å². The number of rotatable bonds is 10. The first-order valence-electron chi connectivity index (χ1n) is 16.0. The van der Waals surface area contributed by atoms with Crippen LogP contribution in [-0.2, 0) is 0 Å². The van der Waals surface area contributed by atoms with Crippen molar-refractivity contribution in [1.29, 1.82) is 0 Å². The van der Waals surface area contributed by atoms with Crippen molar-refractivity contribution >= 4 is 41.8 Å². The standard InChI is InChI=1S/C42H40BN2O2/c1-29-7-13-35(14-8-29)44(41-25-11-31(3)27-33(41)5)37-17-21-39(22-18-37)46-43-47-40-23-19-38(20-24-40)45(36-15-9-30(2)10-16-36)42-26-12-32(4)28-34(42)6/h7-28H,1-6H3. The van der Waals surface area contributed by atoms with E-state index in [1.807, 2.05) is 24.3 Å². The molecule has 0 aliphatic heterocycles. The highest BCUT2D eigenvalue weighted by Crippen LogP contribution is 2.39. The second kappa shape index (κ2) is 13.9. The van der Waals surface area contributed by atoms with Gasteiger partial charge in [-0.1, -0.05) is 70.8 Å². The van der Waals surface area contributed by atoms with Crippen LogP contribution in [0, 0.1) is 41.5 Å². The largest absolute Gasteiger partial charge is 0.658 e. The Labute approximate surface area is 280 Å². The maximum atomic E-state index is 5.89. The summed E-state index contributed by atoms with van der Waals surface area (Å²) in [5, 5.41) is 0. The fourth-order valence-electron chi connectivity index (χ4n) is 5.84. The van der Waals surface area contributed by atoms with E-state index in [0.717, 1.165) is 34.1 Å². The summed E-state index contributed by atoms with van der Waals surface area (Å²) in [6.45, 7) is 12.8. The molecule has 0 spiro atoms. The minimum Gasteiger partial charge on any atom is -0.526 e. The average molecular weight is 616 g/mol. The van der Waals surface area contributed by atoms with Crippen molar-refractivity contribution in [3.8, 4) is 11.5 Å². The quantitative estimate of drug-likeness (QED) is 0.143. The number of anilines is 6. The molecule has 0 N–H and O–H groups in total. The Morgan fingerprint density at radius 3 is 0.979 bits per heavy atom. The first-order valence-corrected chi connectivity index (χ1v) is 16.0. The van der Waals surface area contributed by atoms with Crippen LogP contribution in [0.4, 0.5) is 34.1 Å². The van der Waals surface area contributed by atoms with Gasteiger partial charge < -0.3 is 19.1 Å². The number of aryl methyl sites for hydroxylation is 6. The van der Waals surface area contributed by atoms with Gasteiger partial charge in [-0.05, 0) is 138 Å². The highest BCUT2D eigenvalue weighted by Gasteiger charge is 2.17. The smallest absolute Gasteiger partial charge is 0.526 e. The summed E-state index contributed by atoms with van der Waals surface area (Å²) in [7, 11) is 1.38. The molecule has 0 amide bonds. The molecule has 0 atom stereocenters. The summed E-state index contributed by atoms with van der Waals surface area (Å²) in [6.07, 6.45) is 0. The molecule has 1 radical (unpaired) electrons. The van der Waals surface area contributed by atoms with Crippen LogP contribution in [0.3, 0.4) is 0 Å². The molecule has 0 saturated carbocycles. The van der Waals surface area contributed by atoms with Gasteiger partial charge in [0.2, 0.25) is 0 Å². The lowest BCUT2D eigenvalue weighted by Gasteiger charge is -2.27. The third-order valence-electron chi connectivity index (χ3n) is 8.33. The molecule has 4 nitrogen and oxygen atoms in total. The second-order valence-electron chi connectivity index (χ2n) is 12.2. The van der Waals surface area contributed by atoms with Gasteiger partial charge in [-0.2, -0.15) is 0 Å². The first kappa shape index (κ1) is 31.6. The van der Waals surface area contributed by atoms with Crippen LogP contribution in [0.2, 0.25) is 0 Å². The second-order valence-corrected chi connectivity index (χ2v) is 12.2. The van der Waals surface area contributed by atoms with Crippen LogP contribution in [-0.4, -0.2) is 7.69 Å². The van der Waals surface area contributed by atoms with E-state index in [4.69, 9.17) is 9.31 Å². The highest BCUT2D eigenvalue weighted by atomic mass is 16.6. The summed E-state index contributed by atoms with van der Waals surface area (Å²) < 4.78 is 11.8. The molecule has 47 heavy (non-hydrogen) atoms. The number of benzene rings is 6. The lowest BCUT2D eigenvalue weighted by molar-refractivity contribution is 0.459. The molecule has 0 heterocycles. The molecule has 0 aromatic heterocycles. The maximum absolute atomic E-state index is 5.89. The number of hydrogen-bond donors (Lipinski definition) is 0. The van der Waals surface area contributed by atoms with Gasteiger partial charge in [0.25, 0.3) is 0 Å². The topological polar surface area (TPSA) is 24.9 Å². The van der Waals surface area contributed by atoms with E-state index >= 15 is 0 Å². The van der Waals surface area contributed by atoms with Crippen LogP contribution < -0.4 is 19.1 Å². The van der Waals surface area contributed by atoms with E-state index in [1.54, 1.807) is 0 Å². The van der Waals surface area contributed by atoms with Crippen LogP contribution in [0.5, 0.6) is 11.5 Å². The van der Waals surface area contributed by atoms with Gasteiger partial charge in [0.05, 0.1) is 0 Å². The molecule has 6 aromatic rings. The van der Waals surface area contributed by atoms with Crippen molar-refractivity contribution in [2.75, 3.05) is 9.80 Å². The van der Waals surface area contributed by atoms with E-state index < -0.39 is 0 Å². The zero-order chi connectivity index (χ0) is 32.9. The van der Waals surface area contributed by atoms with Crippen molar-refractivity contribution in [1.82, 2.24) is 0 Å². The SMILES string of the molecule is Cc1ccc(N(c2ccc(O[B]Oc3ccc(N(c4ccc(C)cc4)c4ccc(C)cc4C)cc3)cc2)c2ccc(C)cc2C)cc1. The van der Waals surface area contributed by atoms with Gasteiger partial charge in [0.1, 0.15) is 11.5 Å². The van der Waals surface area contributed by atoms with Crippen LogP contribution in [0.25, 0.3) is 0 Å². The van der Waals surface area contributed by atoms with E-state index in [9.17, 15) is 0 Å². The summed E-state index contributed by atoms with van der Waals surface area (Å²) in [5.74, 6) is 1.38. The average Bonchev–Trinajstić information content (AvgIpc) is 3.06. The molecule has 0 fully saturated rings. The van der Waals surface area contributed by atoms with E-state index in [2.05, 4.69) is 161 Å². The molecule has 5 heteroatoms. The van der Waals surface area contributed by atoms with Crippen molar-refractivity contribution in [2.24, 2.45) is 0 Å². The van der Waals surface area contributed by atoms with Crippen LogP contribution >= 0.6 is 0 Å². The van der Waals surface area contributed by atoms with Gasteiger partial charge in [-0.15, -0.1) is 0 Å². The lowest BCUT2D eigenvalue weighted by Crippen LogP contribution is -2.13. The van der Waals surface area contributed by atoms with Crippen LogP contribution in [0.15, 0.2) is 133 Å². The number of nitrogens with zero attached hydrogens (tertiary/aromatic N) is 2. The van der Waals surface area contributed by atoms with E-state index in [-0.39, 0.29) is 0 Å². The third kappa shape index (κ3) is 7.36. The molecular weight excluding hydrogens is 575 g/mol. The zero-order valence-corrected chi connectivity index (χ0v) is 28.0. The number of hydrogen-bond acceptors (Lipinski definition) is 4. The Morgan fingerprint density at radius 2 is 0.660 bits per heavy atom. The first-order chi connectivity index (χ1) is 22.7. The minimum atomic E-state index is 0.690. The molecule has 0 aliphatic rings. The van der Waals surface area contributed by atoms with Gasteiger partial charge in [0.15, 0.2) is 0 Å². The summed E-state index contributed by atoms with van der Waals surface area (Å²) in [6, 6.07) is 46.5. The van der Waals surface area contributed by atoms with Gasteiger partial charge >= 0.3 is 7.69 Å². The van der Waals surface area contributed by atoms with E-state index in [1.165, 1.54) is 41.1 Å². The minimum absolute atomic E-state index is 0.690. The molecule has 0 unspecified atom stereocenters. The maximum Gasteiger partial charge on any atom is 0.658 e. The highest BCUT2D eigenvalue weighted by molar-refractivity contribution is 6.20. The summed E-state index contributed by atoms with van der Waals surface area (Å²) >= 11 is 0. The fraction of sp³-hybridized carbons (Fsp3) is 0.143. The molecule has 233 valence electrons. The monoisotopic (exact) mass is 615 g/mol. The fourth-order valence-corrected chi connectivity index (χ4v) is 5.84. The summed E-state index contributed by atoms with van der Waals surface area (Å²) in [5.41, 5.74) is 14.0. The summed E-state index contributed by atoms with van der Waals surface area (Å²) in [4.78, 5) is 4.55. The Morgan fingerprint density at radius 1 is 0.362 bits per heavy atom. The van der Waals surface area contributed by atoms with E-state index in [0.29, 0.717) is 11.5 Å². The molecule has 0 aliphatic carbocycles. The third-order valence-corrected chi connectivity index (χ3v) is 8.33. The Bertz CT molecular complexity index is 1810. The van der Waals surface area contributed by atoms with Crippen LogP contribution in [0.1, 0.15) is 33.4 Å². The lowest BCUT2D eigenvalue weighted by atomic mass is 10.1. The van der Waals surface area contributed by atoms with Crippen molar-refractivity contribution in [3.63, 3.8) is 0 Å². The van der Waals surface area contributed by atoms with Gasteiger partial charge in [-0.25, -0.2) is 0 Å².